The number of rotatable bonds is 6. The van der Waals surface area contributed by atoms with Crippen LogP contribution in [0.1, 0.15) is 21.5 Å². The maximum absolute atomic E-state index is 11.4. The first-order valence-electron chi connectivity index (χ1n) is 7.88. The van der Waals surface area contributed by atoms with Gasteiger partial charge in [-0.05, 0) is 29.7 Å². The number of benzene rings is 2. The summed E-state index contributed by atoms with van der Waals surface area (Å²) < 4.78 is 4.69. The van der Waals surface area contributed by atoms with Gasteiger partial charge in [0.05, 0.1) is 12.7 Å². The van der Waals surface area contributed by atoms with Crippen LogP contribution in [-0.4, -0.2) is 32.6 Å². The van der Waals surface area contributed by atoms with E-state index in [9.17, 15) is 4.79 Å². The Balaban J connectivity index is 1.76. The average Bonchev–Trinajstić information content (AvgIpc) is 2.65. The van der Waals surface area contributed by atoms with E-state index in [4.69, 9.17) is 4.74 Å². The number of carbonyl (C=O) groups is 1. The van der Waals surface area contributed by atoms with Crippen molar-refractivity contribution in [2.75, 3.05) is 20.7 Å². The molecule has 0 aliphatic heterocycles. The number of guanidine groups is 1. The van der Waals surface area contributed by atoms with Gasteiger partial charge in [0.1, 0.15) is 0 Å². The van der Waals surface area contributed by atoms with Crippen molar-refractivity contribution < 1.29 is 9.53 Å². The highest BCUT2D eigenvalue weighted by Crippen LogP contribution is 2.06. The Kier molecular flexibility index (Phi) is 6.83. The van der Waals surface area contributed by atoms with Crippen LogP contribution in [0.15, 0.2) is 59.6 Å². The second-order valence-corrected chi connectivity index (χ2v) is 5.28. The molecule has 0 aromatic heterocycles. The van der Waals surface area contributed by atoms with E-state index in [0.717, 1.165) is 31.0 Å². The van der Waals surface area contributed by atoms with Gasteiger partial charge in [0.25, 0.3) is 0 Å². The number of ether oxygens (including phenoxy) is 1. The molecule has 0 saturated carbocycles. The summed E-state index contributed by atoms with van der Waals surface area (Å²) in [5.41, 5.74) is 2.92. The molecule has 0 atom stereocenters. The molecular formula is C19H23N3O2. The normalized spacial score (nSPS) is 11.0. The fourth-order valence-corrected chi connectivity index (χ4v) is 2.25. The molecule has 126 valence electrons. The molecule has 24 heavy (non-hydrogen) atoms. The van der Waals surface area contributed by atoms with E-state index >= 15 is 0 Å². The minimum absolute atomic E-state index is 0.315. The fraction of sp³-hybridized carbons (Fsp3) is 0.263. The van der Waals surface area contributed by atoms with Crippen LogP contribution in [0.4, 0.5) is 0 Å². The van der Waals surface area contributed by atoms with E-state index in [1.807, 2.05) is 30.3 Å². The van der Waals surface area contributed by atoms with Gasteiger partial charge in [-0.3, -0.25) is 4.99 Å². The van der Waals surface area contributed by atoms with Gasteiger partial charge in [-0.2, -0.15) is 0 Å². The summed E-state index contributed by atoms with van der Waals surface area (Å²) in [5.74, 6) is 0.454. The van der Waals surface area contributed by atoms with Crippen molar-refractivity contribution in [1.82, 2.24) is 10.6 Å². The Labute approximate surface area is 142 Å². The quantitative estimate of drug-likeness (QED) is 0.486. The van der Waals surface area contributed by atoms with Crippen molar-refractivity contribution in [3.05, 3.63) is 71.3 Å². The number of hydrogen-bond donors (Lipinski definition) is 2. The summed E-state index contributed by atoms with van der Waals surface area (Å²) in [5, 5.41) is 6.57. The molecule has 0 radical (unpaired) electrons. The van der Waals surface area contributed by atoms with Crippen molar-refractivity contribution in [3.63, 3.8) is 0 Å². The van der Waals surface area contributed by atoms with Gasteiger partial charge in [0, 0.05) is 20.1 Å². The maximum atomic E-state index is 11.4. The Morgan fingerprint density at radius 1 is 1.00 bits per heavy atom. The molecule has 0 spiro atoms. The zero-order chi connectivity index (χ0) is 17.2. The lowest BCUT2D eigenvalue weighted by Crippen LogP contribution is -2.37. The van der Waals surface area contributed by atoms with Gasteiger partial charge in [-0.15, -0.1) is 0 Å². The molecule has 5 heteroatoms. The SMILES string of the molecule is CN=C(NCCc1ccc(C(=O)OC)cc1)NCc1ccccc1. The topological polar surface area (TPSA) is 62.7 Å². The summed E-state index contributed by atoms with van der Waals surface area (Å²) in [6.45, 7) is 1.49. The third kappa shape index (κ3) is 5.43. The van der Waals surface area contributed by atoms with Gasteiger partial charge < -0.3 is 15.4 Å². The van der Waals surface area contributed by atoms with Gasteiger partial charge in [0.15, 0.2) is 5.96 Å². The molecule has 0 amide bonds. The lowest BCUT2D eigenvalue weighted by Gasteiger charge is -2.12. The highest BCUT2D eigenvalue weighted by molar-refractivity contribution is 5.89. The first-order valence-corrected chi connectivity index (χ1v) is 7.88. The van der Waals surface area contributed by atoms with Gasteiger partial charge >= 0.3 is 5.97 Å². The molecule has 0 unspecified atom stereocenters. The van der Waals surface area contributed by atoms with Gasteiger partial charge in [0.2, 0.25) is 0 Å². The van der Waals surface area contributed by atoms with E-state index in [0.29, 0.717) is 5.56 Å². The van der Waals surface area contributed by atoms with Crippen molar-refractivity contribution in [3.8, 4) is 0 Å². The van der Waals surface area contributed by atoms with E-state index in [-0.39, 0.29) is 5.97 Å². The molecule has 2 aromatic rings. The van der Waals surface area contributed by atoms with E-state index in [2.05, 4.69) is 27.8 Å². The minimum Gasteiger partial charge on any atom is -0.465 e. The smallest absolute Gasteiger partial charge is 0.337 e. The second kappa shape index (κ2) is 9.35. The first kappa shape index (κ1) is 17.5. The maximum Gasteiger partial charge on any atom is 0.337 e. The molecule has 2 rings (SSSR count). The van der Waals surface area contributed by atoms with Crippen molar-refractivity contribution in [1.29, 1.82) is 0 Å². The number of nitrogens with zero attached hydrogens (tertiary/aromatic N) is 1. The van der Waals surface area contributed by atoms with Crippen LogP contribution >= 0.6 is 0 Å². The highest BCUT2D eigenvalue weighted by atomic mass is 16.5. The molecule has 0 aliphatic rings. The van der Waals surface area contributed by atoms with Crippen LogP contribution in [0, 0.1) is 0 Å². The largest absolute Gasteiger partial charge is 0.465 e. The zero-order valence-electron chi connectivity index (χ0n) is 14.1. The van der Waals surface area contributed by atoms with Crippen LogP contribution in [-0.2, 0) is 17.7 Å². The Morgan fingerprint density at radius 2 is 1.71 bits per heavy atom. The lowest BCUT2D eigenvalue weighted by molar-refractivity contribution is 0.0600. The predicted octanol–water partition coefficient (Wildman–Crippen LogP) is 2.38. The summed E-state index contributed by atoms with van der Waals surface area (Å²) in [4.78, 5) is 15.6. The summed E-state index contributed by atoms with van der Waals surface area (Å²) in [7, 11) is 3.14. The van der Waals surface area contributed by atoms with E-state index in [1.54, 1.807) is 19.2 Å². The first-order chi connectivity index (χ1) is 11.7. The third-order valence-electron chi connectivity index (χ3n) is 3.61. The average molecular weight is 325 g/mol. The van der Waals surface area contributed by atoms with Crippen LogP contribution in [0.3, 0.4) is 0 Å². The van der Waals surface area contributed by atoms with Crippen LogP contribution in [0.5, 0.6) is 0 Å². The number of methoxy groups -OCH3 is 1. The fourth-order valence-electron chi connectivity index (χ4n) is 2.25. The molecule has 0 heterocycles. The molecule has 0 saturated heterocycles. The predicted molar refractivity (Wildman–Crippen MR) is 96.1 cm³/mol. The minimum atomic E-state index is -0.315. The zero-order valence-corrected chi connectivity index (χ0v) is 14.1. The summed E-state index contributed by atoms with van der Waals surface area (Å²) in [6.07, 6.45) is 0.841. The third-order valence-corrected chi connectivity index (χ3v) is 3.61. The number of esters is 1. The molecule has 0 aliphatic carbocycles. The molecule has 5 nitrogen and oxygen atoms in total. The van der Waals surface area contributed by atoms with Crippen molar-refractivity contribution in [2.24, 2.45) is 4.99 Å². The Bertz CT molecular complexity index is 667. The standard InChI is InChI=1S/C19H23N3O2/c1-20-19(22-14-16-6-4-3-5-7-16)21-13-12-15-8-10-17(11-9-15)18(23)24-2/h3-11H,12-14H2,1-2H3,(H2,20,21,22). The summed E-state index contributed by atoms with van der Waals surface area (Å²) >= 11 is 0. The molecule has 0 fully saturated rings. The Hall–Kier alpha value is -2.82. The number of hydrogen-bond acceptors (Lipinski definition) is 3. The number of carbonyl (C=O) groups excluding carboxylic acids is 1. The second-order valence-electron chi connectivity index (χ2n) is 5.28. The van der Waals surface area contributed by atoms with Crippen molar-refractivity contribution >= 4 is 11.9 Å². The van der Waals surface area contributed by atoms with Crippen LogP contribution in [0.2, 0.25) is 0 Å². The van der Waals surface area contributed by atoms with Crippen LogP contribution in [0.25, 0.3) is 0 Å². The summed E-state index contributed by atoms with van der Waals surface area (Å²) in [6, 6.07) is 17.6. The molecular weight excluding hydrogens is 302 g/mol. The number of nitrogens with one attached hydrogen (secondary N) is 2. The van der Waals surface area contributed by atoms with E-state index in [1.165, 1.54) is 12.7 Å². The van der Waals surface area contributed by atoms with Crippen LogP contribution < -0.4 is 10.6 Å². The molecule has 0 bridgehead atoms. The highest BCUT2D eigenvalue weighted by Gasteiger charge is 2.04. The van der Waals surface area contributed by atoms with Gasteiger partial charge in [-0.25, -0.2) is 4.79 Å². The molecule has 2 N–H and O–H groups in total. The Morgan fingerprint density at radius 3 is 2.33 bits per heavy atom. The lowest BCUT2D eigenvalue weighted by atomic mass is 10.1. The number of aliphatic imine (C=N–C) groups is 1. The molecule has 2 aromatic carbocycles. The van der Waals surface area contributed by atoms with Gasteiger partial charge in [-0.1, -0.05) is 42.5 Å². The monoisotopic (exact) mass is 325 g/mol. The van der Waals surface area contributed by atoms with Crippen molar-refractivity contribution in [2.45, 2.75) is 13.0 Å². The van der Waals surface area contributed by atoms with E-state index < -0.39 is 0 Å².